The summed E-state index contributed by atoms with van der Waals surface area (Å²) in [5.41, 5.74) is -2.44. The van der Waals surface area contributed by atoms with Crippen molar-refractivity contribution in [2.75, 3.05) is 64.0 Å². The molecule has 3 aromatic carbocycles. The highest BCUT2D eigenvalue weighted by Gasteiger charge is 2.34. The first kappa shape index (κ1) is 45.1. The summed E-state index contributed by atoms with van der Waals surface area (Å²) < 4.78 is 36.6. The highest BCUT2D eigenvalue weighted by Crippen LogP contribution is 2.42. The van der Waals surface area contributed by atoms with Crippen molar-refractivity contribution in [3.63, 3.8) is 0 Å². The molecule has 0 N–H and O–H groups in total. The quantitative estimate of drug-likeness (QED) is 0.0545. The van der Waals surface area contributed by atoms with Crippen LogP contribution in [0.2, 0.25) is 5.02 Å². The van der Waals surface area contributed by atoms with E-state index in [2.05, 4.69) is 37.4 Å². The molecule has 0 radical (unpaired) electrons. The van der Waals surface area contributed by atoms with Gasteiger partial charge in [-0.15, -0.1) is 70.6 Å². The van der Waals surface area contributed by atoms with Crippen LogP contribution in [0.25, 0.3) is 0 Å². The SMILES string of the molecule is C=CC(=O)OC(C)(COc1ccc(Cl)c(OCC(C)(COc2c(SC)cc(SC)cc2SC)OC(=O)C=C)c1)COc1c(SC)cc(SC)cc1SC. The molecule has 0 aromatic heterocycles. The number of ether oxygens (including phenoxy) is 6. The van der Waals surface area contributed by atoms with Gasteiger partial charge in [-0.05, 0) is 87.8 Å². The first-order valence-corrected chi connectivity index (χ1v) is 23.6. The first-order valence-electron chi connectivity index (χ1n) is 15.9. The van der Waals surface area contributed by atoms with Crippen molar-refractivity contribution >= 4 is 94.1 Å². The lowest BCUT2D eigenvalue weighted by molar-refractivity contribution is -0.159. The zero-order valence-electron chi connectivity index (χ0n) is 31.0. The van der Waals surface area contributed by atoms with Gasteiger partial charge in [0, 0.05) is 28.0 Å². The molecule has 3 aromatic rings. The Morgan fingerprint density at radius 3 is 1.34 bits per heavy atom. The van der Waals surface area contributed by atoms with Gasteiger partial charge in [0.2, 0.25) is 0 Å². The smallest absolute Gasteiger partial charge is 0.330 e. The number of esters is 2. The van der Waals surface area contributed by atoms with Gasteiger partial charge in [0.05, 0.1) is 24.6 Å². The molecule has 0 spiro atoms. The normalized spacial score (nSPS) is 13.2. The van der Waals surface area contributed by atoms with Crippen molar-refractivity contribution in [1.82, 2.24) is 0 Å². The van der Waals surface area contributed by atoms with Gasteiger partial charge < -0.3 is 28.4 Å². The van der Waals surface area contributed by atoms with Crippen molar-refractivity contribution < 1.29 is 38.0 Å². The molecule has 53 heavy (non-hydrogen) atoms. The zero-order chi connectivity index (χ0) is 39.2. The molecule has 0 heterocycles. The zero-order valence-corrected chi connectivity index (χ0v) is 36.7. The summed E-state index contributed by atoms with van der Waals surface area (Å²) in [6.45, 7) is 10.4. The minimum absolute atomic E-state index is 0.00675. The molecule has 288 valence electrons. The second kappa shape index (κ2) is 21.7. The Hall–Kier alpha value is -2.33. The number of thioether (sulfide) groups is 6. The Morgan fingerprint density at radius 2 is 0.981 bits per heavy atom. The van der Waals surface area contributed by atoms with Gasteiger partial charge in [-0.25, -0.2) is 9.59 Å². The molecule has 0 amide bonds. The molecule has 0 saturated carbocycles. The maximum Gasteiger partial charge on any atom is 0.330 e. The van der Waals surface area contributed by atoms with Crippen molar-refractivity contribution in [1.29, 1.82) is 0 Å². The summed E-state index contributed by atoms with van der Waals surface area (Å²) in [5.74, 6) is 0.856. The van der Waals surface area contributed by atoms with E-state index in [4.69, 9.17) is 40.0 Å². The summed E-state index contributed by atoms with van der Waals surface area (Å²) in [6.07, 6.45) is 14.2. The lowest BCUT2D eigenvalue weighted by Gasteiger charge is -2.30. The highest BCUT2D eigenvalue weighted by atomic mass is 35.5. The lowest BCUT2D eigenvalue weighted by atomic mass is 10.1. The Bertz CT molecular complexity index is 1710. The van der Waals surface area contributed by atoms with Crippen LogP contribution in [-0.4, -0.2) is 87.1 Å². The third kappa shape index (κ3) is 13.1. The van der Waals surface area contributed by atoms with Gasteiger partial charge in [0.1, 0.15) is 49.4 Å². The number of benzene rings is 3. The fraction of sp³-hybridized carbons (Fsp3) is 0.368. The number of rotatable bonds is 22. The molecular weight excluding hydrogens is 812 g/mol. The maximum atomic E-state index is 12.5. The predicted octanol–water partition coefficient (Wildman–Crippen LogP) is 10.6. The van der Waals surface area contributed by atoms with Crippen LogP contribution in [-0.2, 0) is 19.1 Å². The molecule has 8 nitrogen and oxygen atoms in total. The van der Waals surface area contributed by atoms with E-state index in [1.807, 2.05) is 37.5 Å². The fourth-order valence-corrected chi connectivity index (χ4v) is 8.54. The van der Waals surface area contributed by atoms with Crippen LogP contribution in [0.3, 0.4) is 0 Å². The molecule has 0 fully saturated rings. The van der Waals surface area contributed by atoms with Crippen LogP contribution in [0.1, 0.15) is 13.8 Å². The van der Waals surface area contributed by atoms with Crippen LogP contribution in [0.4, 0.5) is 0 Å². The second-order valence-electron chi connectivity index (χ2n) is 11.6. The first-order chi connectivity index (χ1) is 25.3. The summed E-state index contributed by atoms with van der Waals surface area (Å²) >= 11 is 16.2. The van der Waals surface area contributed by atoms with E-state index in [-0.39, 0.29) is 32.2 Å². The third-order valence-electron chi connectivity index (χ3n) is 7.39. The Morgan fingerprint density at radius 1 is 0.604 bits per heavy atom. The molecule has 0 aliphatic heterocycles. The van der Waals surface area contributed by atoms with Crippen LogP contribution >= 0.6 is 82.2 Å². The van der Waals surface area contributed by atoms with E-state index in [9.17, 15) is 9.59 Å². The van der Waals surface area contributed by atoms with Gasteiger partial charge in [-0.1, -0.05) is 24.8 Å². The van der Waals surface area contributed by atoms with E-state index >= 15 is 0 Å². The fourth-order valence-electron chi connectivity index (χ4n) is 4.60. The van der Waals surface area contributed by atoms with Crippen LogP contribution in [0.15, 0.2) is 97.1 Å². The molecule has 0 aliphatic rings. The Kier molecular flexibility index (Phi) is 18.4. The lowest BCUT2D eigenvalue weighted by Crippen LogP contribution is -2.43. The summed E-state index contributed by atoms with van der Waals surface area (Å²) in [4.78, 5) is 31.0. The minimum Gasteiger partial charge on any atom is -0.489 e. The predicted molar refractivity (Wildman–Crippen MR) is 226 cm³/mol. The largest absolute Gasteiger partial charge is 0.489 e. The van der Waals surface area contributed by atoms with E-state index in [0.29, 0.717) is 22.3 Å². The van der Waals surface area contributed by atoms with Crippen molar-refractivity contribution in [3.8, 4) is 23.0 Å². The van der Waals surface area contributed by atoms with E-state index < -0.39 is 23.1 Å². The molecule has 15 heteroatoms. The van der Waals surface area contributed by atoms with E-state index in [1.54, 1.807) is 103 Å². The number of carbonyl (C=O) groups is 2. The summed E-state index contributed by atoms with van der Waals surface area (Å²) in [5, 5.41) is 0.310. The van der Waals surface area contributed by atoms with Crippen molar-refractivity contribution in [3.05, 3.63) is 72.8 Å². The van der Waals surface area contributed by atoms with Gasteiger partial charge in [-0.2, -0.15) is 0 Å². The molecular formula is C38H45ClO8S6. The van der Waals surface area contributed by atoms with Crippen LogP contribution < -0.4 is 18.9 Å². The molecule has 0 bridgehead atoms. The van der Waals surface area contributed by atoms with Crippen LogP contribution in [0.5, 0.6) is 23.0 Å². The molecule has 0 aliphatic carbocycles. The monoisotopic (exact) mass is 856 g/mol. The highest BCUT2D eigenvalue weighted by molar-refractivity contribution is 8.00. The van der Waals surface area contributed by atoms with E-state index in [1.165, 1.54) is 0 Å². The second-order valence-corrected chi connectivity index (χ2v) is 17.2. The molecule has 3 rings (SSSR count). The van der Waals surface area contributed by atoms with Gasteiger partial charge >= 0.3 is 11.9 Å². The van der Waals surface area contributed by atoms with E-state index in [0.717, 1.165) is 41.5 Å². The van der Waals surface area contributed by atoms with Gasteiger partial charge in [0.25, 0.3) is 0 Å². The Labute approximate surface area is 344 Å². The summed E-state index contributed by atoms with van der Waals surface area (Å²) in [6, 6.07) is 13.2. The number of hydrogen-bond donors (Lipinski definition) is 0. The number of hydrogen-bond acceptors (Lipinski definition) is 14. The maximum absolute atomic E-state index is 12.5. The third-order valence-corrected chi connectivity index (χ3v) is 12.1. The average molecular weight is 858 g/mol. The molecule has 0 saturated heterocycles. The average Bonchev–Trinajstić information content (AvgIpc) is 3.17. The van der Waals surface area contributed by atoms with Crippen molar-refractivity contribution in [2.24, 2.45) is 0 Å². The van der Waals surface area contributed by atoms with Crippen LogP contribution in [0, 0.1) is 0 Å². The summed E-state index contributed by atoms with van der Waals surface area (Å²) in [7, 11) is 0. The van der Waals surface area contributed by atoms with Crippen molar-refractivity contribution in [2.45, 2.75) is 54.4 Å². The molecule has 2 atom stereocenters. The van der Waals surface area contributed by atoms with Gasteiger partial charge in [0.15, 0.2) is 11.2 Å². The topological polar surface area (TPSA) is 89.5 Å². The standard InChI is InChI=1S/C38H45ClO8S6/c1-11-33(40)46-37(3,22-44-35-29(50-7)16-25(48-5)17-30(35)51-8)20-42-24-13-14-27(39)28(15-24)43-21-38(4,47-34(41)12-2)23-45-36-31(52-9)18-26(49-6)19-32(36)53-10/h11-19H,1-2,20-23H2,3-10H3. The number of halogens is 1. The Balaban J connectivity index is 1.82. The minimum atomic E-state index is -1.23. The number of carbonyl (C=O) groups excluding carboxylic acids is 2. The van der Waals surface area contributed by atoms with Gasteiger partial charge in [-0.3, -0.25) is 0 Å². The molecule has 2 unspecified atom stereocenters.